The topological polar surface area (TPSA) is 22.0 Å². The smallest absolute Gasteiger partial charge is 0.267 e. The number of hydrogen-bond acceptors (Lipinski definition) is 1. The van der Waals surface area contributed by atoms with Gasteiger partial charge >= 0.3 is 0 Å². The van der Waals surface area contributed by atoms with Gasteiger partial charge in [0.2, 0.25) is 0 Å². The molecule has 0 N–H and O–H groups in total. The van der Waals surface area contributed by atoms with Crippen LogP contribution in [0.15, 0.2) is 65.5 Å². The molecule has 3 rings (SSSR count). The summed E-state index contributed by atoms with van der Waals surface area (Å²) in [5.41, 5.74) is 1.31. The van der Waals surface area contributed by atoms with Gasteiger partial charge in [0.1, 0.15) is 0 Å². The average molecular weight is 239 g/mol. The van der Waals surface area contributed by atoms with Gasteiger partial charge in [-0.3, -0.25) is 4.79 Å². The van der Waals surface area contributed by atoms with Gasteiger partial charge in [0, 0.05) is 11.5 Å². The van der Waals surface area contributed by atoms with Gasteiger partial charge in [-0.05, 0) is 17.2 Å². The number of rotatable bonds is 1. The van der Waals surface area contributed by atoms with E-state index in [-0.39, 0.29) is 4.79 Å². The van der Waals surface area contributed by atoms with Crippen LogP contribution in [0.5, 0.6) is 0 Å². The Hall–Kier alpha value is -2.42. The summed E-state index contributed by atoms with van der Waals surface area (Å²) in [6.45, 7) is 0. The summed E-state index contributed by atoms with van der Waals surface area (Å²) < 4.78 is 13.7. The number of aromatic nitrogens is 1. The molecule has 0 atom stereocenters. The van der Waals surface area contributed by atoms with Crippen molar-refractivity contribution in [2.24, 2.45) is 0 Å². The molecular formula is C15H10FNO. The van der Waals surface area contributed by atoms with Crippen LogP contribution < -0.4 is 5.56 Å². The molecule has 0 aliphatic heterocycles. The Labute approximate surface area is 103 Å². The summed E-state index contributed by atoms with van der Waals surface area (Å²) in [5, 5.41) is 0.728. The van der Waals surface area contributed by atoms with E-state index in [0.29, 0.717) is 5.52 Å². The molecule has 0 bridgehead atoms. The highest BCUT2D eigenvalue weighted by molar-refractivity contribution is 5.94. The van der Waals surface area contributed by atoms with Crippen molar-refractivity contribution >= 4 is 10.9 Å². The number of halogens is 1. The minimum atomic E-state index is -0.646. The number of fused-ring (bicyclic) bond motifs is 1. The number of pyridine rings is 1. The van der Waals surface area contributed by atoms with Crippen molar-refractivity contribution in [3.05, 3.63) is 71.0 Å². The van der Waals surface area contributed by atoms with Crippen molar-refractivity contribution in [2.75, 3.05) is 0 Å². The largest absolute Gasteiger partial charge is 0.279 e. The standard InChI is InChI=1S/C15H10FNO/c16-17-14-9-5-4-8-12(14)13(10-15(17)18)11-6-2-1-3-7-11/h1-10H. The molecular weight excluding hydrogens is 229 g/mol. The van der Waals surface area contributed by atoms with Gasteiger partial charge in [-0.1, -0.05) is 53.0 Å². The van der Waals surface area contributed by atoms with Crippen molar-refractivity contribution in [1.82, 2.24) is 4.79 Å². The summed E-state index contributed by atoms with van der Waals surface area (Å²) in [4.78, 5) is 11.8. The highest BCUT2D eigenvalue weighted by Crippen LogP contribution is 2.26. The zero-order chi connectivity index (χ0) is 12.5. The van der Waals surface area contributed by atoms with E-state index in [1.54, 1.807) is 12.1 Å². The monoisotopic (exact) mass is 239 g/mol. The third-order valence-corrected chi connectivity index (χ3v) is 2.95. The summed E-state index contributed by atoms with van der Waals surface area (Å²) in [6, 6.07) is 17.8. The minimum Gasteiger partial charge on any atom is -0.267 e. The van der Waals surface area contributed by atoms with Crippen molar-refractivity contribution in [1.29, 1.82) is 0 Å². The molecule has 0 aliphatic carbocycles. The van der Waals surface area contributed by atoms with E-state index in [1.165, 1.54) is 6.07 Å². The second kappa shape index (κ2) is 4.11. The molecule has 3 heteroatoms. The lowest BCUT2D eigenvalue weighted by atomic mass is 10.0. The zero-order valence-electron chi connectivity index (χ0n) is 9.51. The maximum atomic E-state index is 13.7. The first-order valence-electron chi connectivity index (χ1n) is 5.64. The second-order valence-corrected chi connectivity index (χ2v) is 4.06. The number of para-hydroxylation sites is 1. The van der Waals surface area contributed by atoms with Crippen molar-refractivity contribution in [3.8, 4) is 11.1 Å². The molecule has 0 aliphatic rings. The molecule has 0 saturated carbocycles. The lowest BCUT2D eigenvalue weighted by Crippen LogP contribution is -2.13. The molecule has 3 aromatic rings. The van der Waals surface area contributed by atoms with E-state index in [9.17, 15) is 9.28 Å². The quantitative estimate of drug-likeness (QED) is 0.638. The highest BCUT2D eigenvalue weighted by Gasteiger charge is 2.09. The van der Waals surface area contributed by atoms with Crippen LogP contribution in [-0.2, 0) is 0 Å². The Bertz CT molecular complexity index is 762. The number of hydrogen-bond donors (Lipinski definition) is 0. The predicted molar refractivity (Wildman–Crippen MR) is 70.2 cm³/mol. The SMILES string of the molecule is O=c1cc(-c2ccccc2)c2ccccc2n1F. The molecule has 1 aromatic heterocycles. The van der Waals surface area contributed by atoms with Crippen LogP contribution in [0.25, 0.3) is 22.0 Å². The fraction of sp³-hybridized carbons (Fsp3) is 0. The fourth-order valence-corrected chi connectivity index (χ4v) is 2.11. The third kappa shape index (κ3) is 1.61. The lowest BCUT2D eigenvalue weighted by Gasteiger charge is -2.07. The van der Waals surface area contributed by atoms with Gasteiger partial charge in [0.25, 0.3) is 5.56 Å². The average Bonchev–Trinajstić information content (AvgIpc) is 2.44. The molecule has 0 radical (unpaired) electrons. The first kappa shape index (κ1) is 10.7. The van der Waals surface area contributed by atoms with Crippen molar-refractivity contribution in [2.45, 2.75) is 0 Å². The van der Waals surface area contributed by atoms with Crippen LogP contribution >= 0.6 is 0 Å². The van der Waals surface area contributed by atoms with Crippen LogP contribution in [0.2, 0.25) is 0 Å². The summed E-state index contributed by atoms with van der Waals surface area (Å²) >= 11 is 0. The van der Waals surface area contributed by atoms with Gasteiger partial charge < -0.3 is 0 Å². The molecule has 0 saturated heterocycles. The molecule has 1 heterocycles. The van der Waals surface area contributed by atoms with Crippen LogP contribution in [0.1, 0.15) is 0 Å². The maximum absolute atomic E-state index is 13.7. The summed E-state index contributed by atoms with van der Waals surface area (Å²) in [7, 11) is 0. The predicted octanol–water partition coefficient (Wildman–Crippen LogP) is 3.40. The summed E-state index contributed by atoms with van der Waals surface area (Å²) in [6.07, 6.45) is 0. The van der Waals surface area contributed by atoms with Crippen LogP contribution in [0.3, 0.4) is 0 Å². The van der Waals surface area contributed by atoms with Gasteiger partial charge in [-0.2, -0.15) is 0 Å². The van der Waals surface area contributed by atoms with E-state index in [2.05, 4.69) is 0 Å². The number of benzene rings is 2. The van der Waals surface area contributed by atoms with E-state index >= 15 is 0 Å². The Balaban J connectivity index is 2.44. The number of nitrogens with zero attached hydrogens (tertiary/aromatic N) is 1. The van der Waals surface area contributed by atoms with E-state index in [4.69, 9.17) is 0 Å². The molecule has 0 amide bonds. The normalized spacial score (nSPS) is 10.7. The molecule has 2 nitrogen and oxygen atoms in total. The van der Waals surface area contributed by atoms with E-state index in [1.807, 2.05) is 42.5 Å². The third-order valence-electron chi connectivity index (χ3n) is 2.95. The van der Waals surface area contributed by atoms with Crippen molar-refractivity contribution < 1.29 is 4.48 Å². The van der Waals surface area contributed by atoms with Gasteiger partial charge in [0.15, 0.2) is 0 Å². The molecule has 18 heavy (non-hydrogen) atoms. The van der Waals surface area contributed by atoms with Crippen molar-refractivity contribution in [3.63, 3.8) is 0 Å². The molecule has 88 valence electrons. The van der Waals surface area contributed by atoms with E-state index < -0.39 is 5.56 Å². The first-order valence-corrected chi connectivity index (χ1v) is 5.64. The molecule has 0 spiro atoms. The van der Waals surface area contributed by atoms with Gasteiger partial charge in [0.05, 0.1) is 5.52 Å². The Morgan fingerprint density at radius 3 is 2.33 bits per heavy atom. The molecule has 0 unspecified atom stereocenters. The van der Waals surface area contributed by atoms with Crippen LogP contribution in [0, 0.1) is 0 Å². The molecule has 2 aromatic carbocycles. The van der Waals surface area contributed by atoms with Gasteiger partial charge in [-0.25, -0.2) is 0 Å². The zero-order valence-corrected chi connectivity index (χ0v) is 9.51. The minimum absolute atomic E-state index is 0.182. The highest BCUT2D eigenvalue weighted by atomic mass is 19.2. The first-order chi connectivity index (χ1) is 8.77. The fourth-order valence-electron chi connectivity index (χ4n) is 2.11. The lowest BCUT2D eigenvalue weighted by molar-refractivity contribution is 0.371. The Morgan fingerprint density at radius 1 is 0.889 bits per heavy atom. The molecule has 0 fully saturated rings. The Kier molecular flexibility index (Phi) is 2.45. The maximum Gasteiger partial charge on any atom is 0.279 e. The van der Waals surface area contributed by atoms with Crippen LogP contribution in [0.4, 0.5) is 4.48 Å². The Morgan fingerprint density at radius 2 is 1.56 bits per heavy atom. The second-order valence-electron chi connectivity index (χ2n) is 4.06. The van der Waals surface area contributed by atoms with E-state index in [0.717, 1.165) is 16.5 Å². The summed E-state index contributed by atoms with van der Waals surface area (Å²) in [5.74, 6) is 0. The van der Waals surface area contributed by atoms with Gasteiger partial charge in [-0.15, -0.1) is 4.79 Å². The van der Waals surface area contributed by atoms with Crippen LogP contribution in [-0.4, -0.2) is 4.79 Å².